The highest BCUT2D eigenvalue weighted by Crippen LogP contribution is 2.23. The lowest BCUT2D eigenvalue weighted by atomic mass is 9.89. The lowest BCUT2D eigenvalue weighted by molar-refractivity contribution is -0.117. The summed E-state index contributed by atoms with van der Waals surface area (Å²) in [6.07, 6.45) is 16.5. The van der Waals surface area contributed by atoms with E-state index in [0.717, 1.165) is 50.0 Å². The highest BCUT2D eigenvalue weighted by molar-refractivity contribution is 5.94. The molecule has 4 nitrogen and oxygen atoms in total. The molecule has 0 aliphatic heterocycles. The van der Waals surface area contributed by atoms with Crippen molar-refractivity contribution in [1.82, 2.24) is 10.6 Å². The fourth-order valence-electron chi connectivity index (χ4n) is 4.18. The van der Waals surface area contributed by atoms with Gasteiger partial charge >= 0.3 is 0 Å². The van der Waals surface area contributed by atoms with Crippen molar-refractivity contribution in [2.75, 3.05) is 13.1 Å². The minimum atomic E-state index is 0.00330. The number of nitrogens with one attached hydrogen (secondary N) is 2. The Bertz CT molecular complexity index is 586. The zero-order valence-corrected chi connectivity index (χ0v) is 23.8. The molecule has 0 aromatic rings. The predicted octanol–water partition coefficient (Wildman–Crippen LogP) is 8.37. The average molecular weight is 476 g/mol. The molecule has 0 heterocycles. The molecule has 0 saturated heterocycles. The first kappa shape index (κ1) is 34.3. The Morgan fingerprint density at radius 2 is 1.71 bits per heavy atom. The van der Waals surface area contributed by atoms with E-state index in [1.807, 2.05) is 40.7 Å². The summed E-state index contributed by atoms with van der Waals surface area (Å²) in [5.41, 5.74) is 2.48. The standard InChI is InChI=1S/C26H45N3O.2C2H6/c1-6-9-15-23(14-8-3)18-27-20-29-25(21(4)13-7-2)22(5)26(30)28-19-24-16-11-10-12-17-24;2*1-2/h6,20,23-24H,1,4,7-19H2,2-3,5H3,(H,27,29)(H,28,30);2*1-2H3/b25-22-;;. The van der Waals surface area contributed by atoms with Gasteiger partial charge in [0.1, 0.15) is 0 Å². The van der Waals surface area contributed by atoms with E-state index in [1.54, 1.807) is 6.34 Å². The van der Waals surface area contributed by atoms with Gasteiger partial charge in [-0.05, 0) is 62.9 Å². The van der Waals surface area contributed by atoms with E-state index >= 15 is 0 Å². The molecule has 1 saturated carbocycles. The van der Waals surface area contributed by atoms with E-state index in [1.165, 1.54) is 44.9 Å². The number of hydrogen-bond donors (Lipinski definition) is 2. The number of carbonyl (C=O) groups excluding carboxylic acids is 1. The predicted molar refractivity (Wildman–Crippen MR) is 153 cm³/mol. The van der Waals surface area contributed by atoms with Crippen molar-refractivity contribution in [1.29, 1.82) is 0 Å². The first-order valence-corrected chi connectivity index (χ1v) is 14.1. The molecule has 1 rings (SSSR count). The molecule has 1 aliphatic carbocycles. The smallest absolute Gasteiger partial charge is 0.249 e. The van der Waals surface area contributed by atoms with Crippen LogP contribution in [-0.4, -0.2) is 25.3 Å². The maximum absolute atomic E-state index is 12.8. The minimum absolute atomic E-state index is 0.00330. The van der Waals surface area contributed by atoms with Crippen molar-refractivity contribution in [2.24, 2.45) is 16.8 Å². The fraction of sp³-hybridized carbons (Fsp3) is 0.733. The summed E-state index contributed by atoms with van der Waals surface area (Å²) in [5, 5.41) is 6.43. The van der Waals surface area contributed by atoms with Crippen molar-refractivity contribution in [3.05, 3.63) is 36.1 Å². The highest BCUT2D eigenvalue weighted by atomic mass is 16.1. The van der Waals surface area contributed by atoms with Crippen LogP contribution in [0.2, 0.25) is 0 Å². The van der Waals surface area contributed by atoms with Crippen LogP contribution in [-0.2, 0) is 4.79 Å². The summed E-state index contributed by atoms with van der Waals surface area (Å²) in [5.74, 6) is 1.21. The molecular weight excluding hydrogens is 418 g/mol. The number of carbonyl (C=O) groups is 1. The van der Waals surface area contributed by atoms with E-state index in [-0.39, 0.29) is 5.91 Å². The van der Waals surface area contributed by atoms with Crippen molar-refractivity contribution in [3.8, 4) is 0 Å². The van der Waals surface area contributed by atoms with Gasteiger partial charge in [-0.2, -0.15) is 0 Å². The summed E-state index contributed by atoms with van der Waals surface area (Å²) in [6.45, 7) is 23.8. The molecule has 4 heteroatoms. The molecular formula is C30H57N3O. The van der Waals surface area contributed by atoms with Crippen LogP contribution in [0, 0.1) is 11.8 Å². The van der Waals surface area contributed by atoms with Crippen LogP contribution >= 0.6 is 0 Å². The van der Waals surface area contributed by atoms with Crippen LogP contribution in [0.1, 0.15) is 119 Å². The van der Waals surface area contributed by atoms with E-state index in [2.05, 4.69) is 42.6 Å². The van der Waals surface area contributed by atoms with Gasteiger partial charge in [0.2, 0.25) is 5.91 Å². The Hall–Kier alpha value is -1.84. The molecule has 1 fully saturated rings. The number of allylic oxidation sites excluding steroid dienone is 2. The topological polar surface area (TPSA) is 53.5 Å². The second-order valence-corrected chi connectivity index (χ2v) is 8.73. The van der Waals surface area contributed by atoms with Crippen LogP contribution in [0.25, 0.3) is 0 Å². The van der Waals surface area contributed by atoms with Gasteiger partial charge in [0.25, 0.3) is 0 Å². The first-order chi connectivity index (χ1) is 16.5. The van der Waals surface area contributed by atoms with Gasteiger partial charge in [-0.3, -0.25) is 9.79 Å². The largest absolute Gasteiger partial charge is 0.352 e. The monoisotopic (exact) mass is 475 g/mol. The molecule has 1 unspecified atom stereocenters. The second kappa shape index (κ2) is 24.3. The zero-order valence-electron chi connectivity index (χ0n) is 23.8. The Balaban J connectivity index is 0. The molecule has 0 radical (unpaired) electrons. The summed E-state index contributed by atoms with van der Waals surface area (Å²) in [4.78, 5) is 17.4. The molecule has 198 valence electrons. The number of hydrogen-bond acceptors (Lipinski definition) is 2. The molecule has 1 atom stereocenters. The van der Waals surface area contributed by atoms with Gasteiger partial charge in [-0.1, -0.05) is 86.3 Å². The van der Waals surface area contributed by atoms with Gasteiger partial charge in [-0.25, -0.2) is 0 Å². The van der Waals surface area contributed by atoms with Crippen LogP contribution < -0.4 is 10.6 Å². The third-order valence-corrected chi connectivity index (χ3v) is 6.04. The Morgan fingerprint density at radius 3 is 2.26 bits per heavy atom. The first-order valence-electron chi connectivity index (χ1n) is 14.1. The maximum atomic E-state index is 12.8. The molecule has 1 amide bonds. The number of nitrogens with zero attached hydrogens (tertiary/aromatic N) is 1. The van der Waals surface area contributed by atoms with Crippen molar-refractivity contribution >= 4 is 12.2 Å². The van der Waals surface area contributed by atoms with E-state index < -0.39 is 0 Å². The molecule has 0 spiro atoms. The molecule has 0 aromatic carbocycles. The van der Waals surface area contributed by atoms with E-state index in [9.17, 15) is 4.79 Å². The van der Waals surface area contributed by atoms with Gasteiger partial charge in [0, 0.05) is 18.7 Å². The third-order valence-electron chi connectivity index (χ3n) is 6.04. The zero-order chi connectivity index (χ0) is 26.2. The second-order valence-electron chi connectivity index (χ2n) is 8.73. The summed E-state index contributed by atoms with van der Waals surface area (Å²) in [6, 6.07) is 0. The third kappa shape index (κ3) is 15.9. The Kier molecular flexibility index (Phi) is 24.5. The van der Waals surface area contributed by atoms with Crippen molar-refractivity contribution in [3.63, 3.8) is 0 Å². The van der Waals surface area contributed by atoms with Crippen LogP contribution in [0.4, 0.5) is 0 Å². The Labute approximate surface area is 212 Å². The maximum Gasteiger partial charge on any atom is 0.249 e. The molecule has 0 aromatic heterocycles. The summed E-state index contributed by atoms with van der Waals surface area (Å²) >= 11 is 0. The molecule has 0 bridgehead atoms. The SMILES string of the molecule is C=CCCC(CCC)CN=CN/C(C(=C)CCC)=C(/C)C(=O)NCC1CCCCC1.CC.CC. The highest BCUT2D eigenvalue weighted by Gasteiger charge is 2.17. The Morgan fingerprint density at radius 1 is 1.06 bits per heavy atom. The van der Waals surface area contributed by atoms with Gasteiger partial charge in [0.05, 0.1) is 12.0 Å². The van der Waals surface area contributed by atoms with Crippen LogP contribution in [0.5, 0.6) is 0 Å². The molecule has 34 heavy (non-hydrogen) atoms. The lowest BCUT2D eigenvalue weighted by Crippen LogP contribution is -2.32. The van der Waals surface area contributed by atoms with Gasteiger partial charge in [0.15, 0.2) is 0 Å². The number of amides is 1. The van der Waals surface area contributed by atoms with E-state index in [0.29, 0.717) is 17.4 Å². The minimum Gasteiger partial charge on any atom is -0.352 e. The van der Waals surface area contributed by atoms with Crippen molar-refractivity contribution in [2.45, 2.75) is 119 Å². The lowest BCUT2D eigenvalue weighted by Gasteiger charge is -2.22. The van der Waals surface area contributed by atoms with Crippen LogP contribution in [0.3, 0.4) is 0 Å². The fourth-order valence-corrected chi connectivity index (χ4v) is 4.18. The summed E-state index contributed by atoms with van der Waals surface area (Å²) < 4.78 is 0. The normalized spacial score (nSPS) is 15.1. The van der Waals surface area contributed by atoms with E-state index in [4.69, 9.17) is 0 Å². The quantitative estimate of drug-likeness (QED) is 0.0821. The molecule has 2 N–H and O–H groups in total. The summed E-state index contributed by atoms with van der Waals surface area (Å²) in [7, 11) is 0. The van der Waals surface area contributed by atoms with Crippen LogP contribution in [0.15, 0.2) is 41.1 Å². The number of rotatable bonds is 15. The molecule has 1 aliphatic rings. The average Bonchev–Trinajstić information content (AvgIpc) is 2.88. The number of aliphatic imine (C=N–C) groups is 1. The van der Waals surface area contributed by atoms with Gasteiger partial charge < -0.3 is 10.6 Å². The van der Waals surface area contributed by atoms with Crippen molar-refractivity contribution < 1.29 is 4.79 Å². The van der Waals surface area contributed by atoms with Gasteiger partial charge in [-0.15, -0.1) is 6.58 Å².